The van der Waals surface area contributed by atoms with E-state index in [1.807, 2.05) is 0 Å². The van der Waals surface area contributed by atoms with Gasteiger partial charge in [-0.25, -0.2) is 8.91 Å². The van der Waals surface area contributed by atoms with Crippen LogP contribution in [-0.4, -0.2) is 68.8 Å². The van der Waals surface area contributed by atoms with Crippen molar-refractivity contribution >= 4 is 17.1 Å². The number of amides is 1. The zero-order valence-corrected chi connectivity index (χ0v) is 18.4. The third kappa shape index (κ3) is 3.20. The highest BCUT2D eigenvalue weighted by atomic mass is 19.1. The first-order valence-corrected chi connectivity index (χ1v) is 10.7. The van der Waals surface area contributed by atoms with Crippen molar-refractivity contribution in [2.24, 2.45) is 0 Å². The summed E-state index contributed by atoms with van der Waals surface area (Å²) in [6.45, 7) is 5.21. The maximum Gasteiger partial charge on any atom is 0.236 e. The van der Waals surface area contributed by atoms with Crippen LogP contribution < -0.4 is 4.90 Å². The van der Waals surface area contributed by atoms with Gasteiger partial charge in [-0.1, -0.05) is 0 Å². The quantitative estimate of drug-likeness (QED) is 0.620. The molecule has 0 saturated carbocycles. The number of carbonyl (C=O) groups is 1. The minimum absolute atomic E-state index is 0.0839. The minimum atomic E-state index is -0.445. The number of fused-ring (bicyclic) bond motifs is 4. The molecule has 3 aromatic rings. The molecule has 0 saturated heterocycles. The first-order valence-electron chi connectivity index (χ1n) is 10.7. The molecule has 0 unspecified atom stereocenters. The molecule has 0 bridgehead atoms. The molecule has 9 nitrogen and oxygen atoms in total. The van der Waals surface area contributed by atoms with Crippen molar-refractivity contribution in [3.05, 3.63) is 46.8 Å². The molecule has 1 amide bonds. The number of hydrogen-bond acceptors (Lipinski definition) is 6. The van der Waals surface area contributed by atoms with E-state index in [-0.39, 0.29) is 11.9 Å². The highest BCUT2D eigenvalue weighted by Crippen LogP contribution is 2.34. The number of nitriles is 1. The number of carbonyl (C=O) groups excluding carboxylic acids is 1. The van der Waals surface area contributed by atoms with Crippen molar-refractivity contribution in [1.29, 1.82) is 5.26 Å². The van der Waals surface area contributed by atoms with E-state index in [4.69, 9.17) is 5.10 Å². The Bertz CT molecular complexity index is 1250. The lowest BCUT2D eigenvalue weighted by Gasteiger charge is -2.35. The van der Waals surface area contributed by atoms with E-state index in [1.54, 1.807) is 31.1 Å². The summed E-state index contributed by atoms with van der Waals surface area (Å²) in [6.07, 6.45) is 1.96. The number of nitrogens with zero attached hydrogens (tertiary/aromatic N) is 8. The standard InChI is InChI=1S/C22H25FN8O/c1-14-10-29(19-5-4-15(8-24)31-22(19)17(23)9-25-31)12-20-16-11-28(13-21(32)27(2)3)7-6-18(16)26-30(14)20/h4-5,9,14H,6-7,10-13H2,1-3H3/t14-/m1/s1. The van der Waals surface area contributed by atoms with E-state index in [0.717, 1.165) is 36.1 Å². The van der Waals surface area contributed by atoms with E-state index in [2.05, 4.69) is 32.6 Å². The van der Waals surface area contributed by atoms with Crippen molar-refractivity contribution < 1.29 is 9.18 Å². The van der Waals surface area contributed by atoms with Crippen LogP contribution in [0.5, 0.6) is 0 Å². The van der Waals surface area contributed by atoms with E-state index >= 15 is 0 Å². The fourth-order valence-corrected chi connectivity index (χ4v) is 4.72. The molecule has 1 atom stereocenters. The number of aromatic nitrogens is 4. The zero-order valence-electron chi connectivity index (χ0n) is 18.4. The fourth-order valence-electron chi connectivity index (χ4n) is 4.72. The van der Waals surface area contributed by atoms with Gasteiger partial charge in [0, 0.05) is 45.7 Å². The molecular weight excluding hydrogens is 411 g/mol. The summed E-state index contributed by atoms with van der Waals surface area (Å²) in [5.41, 5.74) is 4.67. The molecule has 5 heterocycles. The minimum Gasteiger partial charge on any atom is -0.362 e. The van der Waals surface area contributed by atoms with Crippen LogP contribution in [0.2, 0.25) is 0 Å². The second kappa shape index (κ2) is 7.60. The molecular formula is C22H25FN8O. The van der Waals surface area contributed by atoms with Gasteiger partial charge >= 0.3 is 0 Å². The number of likely N-dealkylation sites (N-methyl/N-ethyl adjacent to an activating group) is 1. The monoisotopic (exact) mass is 436 g/mol. The van der Waals surface area contributed by atoms with Gasteiger partial charge in [-0.05, 0) is 19.1 Å². The molecule has 3 aromatic heterocycles. The Kier molecular flexibility index (Phi) is 4.86. The smallest absolute Gasteiger partial charge is 0.236 e. The highest BCUT2D eigenvalue weighted by Gasteiger charge is 2.32. The van der Waals surface area contributed by atoms with E-state index in [9.17, 15) is 14.4 Å². The fraction of sp³-hybridized carbons (Fsp3) is 0.455. The summed E-state index contributed by atoms with van der Waals surface area (Å²) in [4.78, 5) is 18.1. The largest absolute Gasteiger partial charge is 0.362 e. The molecule has 0 N–H and O–H groups in total. The Hall–Kier alpha value is -3.45. The average Bonchev–Trinajstić information content (AvgIpc) is 3.34. The Labute approximate surface area is 185 Å². The van der Waals surface area contributed by atoms with Crippen molar-refractivity contribution in [3.8, 4) is 6.07 Å². The second-order valence-corrected chi connectivity index (χ2v) is 8.76. The molecule has 5 rings (SSSR count). The predicted molar refractivity (Wildman–Crippen MR) is 116 cm³/mol. The van der Waals surface area contributed by atoms with Crippen LogP contribution in [0.15, 0.2) is 18.3 Å². The molecule has 0 fully saturated rings. The van der Waals surface area contributed by atoms with Gasteiger partial charge in [-0.15, -0.1) is 0 Å². The van der Waals surface area contributed by atoms with Gasteiger partial charge in [0.2, 0.25) is 5.91 Å². The molecule has 32 heavy (non-hydrogen) atoms. The van der Waals surface area contributed by atoms with E-state index in [1.165, 1.54) is 4.52 Å². The Morgan fingerprint density at radius 3 is 2.91 bits per heavy atom. The van der Waals surface area contributed by atoms with Gasteiger partial charge in [0.25, 0.3) is 0 Å². The zero-order chi connectivity index (χ0) is 22.6. The van der Waals surface area contributed by atoms with Crippen molar-refractivity contribution in [1.82, 2.24) is 29.2 Å². The molecule has 10 heteroatoms. The first-order chi connectivity index (χ1) is 15.4. The van der Waals surface area contributed by atoms with Gasteiger partial charge in [0.15, 0.2) is 5.82 Å². The Morgan fingerprint density at radius 1 is 1.34 bits per heavy atom. The molecule has 2 aliphatic rings. The summed E-state index contributed by atoms with van der Waals surface area (Å²) in [7, 11) is 3.54. The SMILES string of the molecule is C[C@@H]1CN(c2ccc(C#N)n3ncc(F)c23)Cc2c3c(nn21)CCN(CC(=O)N(C)C)C3. The number of hydrogen-bond donors (Lipinski definition) is 0. The number of halogens is 1. The summed E-state index contributed by atoms with van der Waals surface area (Å²) < 4.78 is 18.1. The molecule has 2 aliphatic heterocycles. The second-order valence-electron chi connectivity index (χ2n) is 8.76. The summed E-state index contributed by atoms with van der Waals surface area (Å²) in [5.74, 6) is -0.361. The summed E-state index contributed by atoms with van der Waals surface area (Å²) in [6, 6.07) is 5.64. The van der Waals surface area contributed by atoms with Gasteiger partial charge in [-0.2, -0.15) is 15.5 Å². The van der Waals surface area contributed by atoms with Gasteiger partial charge in [-0.3, -0.25) is 14.4 Å². The molecule has 0 spiro atoms. The van der Waals surface area contributed by atoms with Gasteiger partial charge in [0.05, 0.1) is 42.4 Å². The van der Waals surface area contributed by atoms with Gasteiger partial charge < -0.3 is 9.80 Å². The third-order valence-corrected chi connectivity index (χ3v) is 6.40. The van der Waals surface area contributed by atoms with Crippen LogP contribution in [0.25, 0.3) is 5.52 Å². The van der Waals surface area contributed by atoms with Crippen LogP contribution >= 0.6 is 0 Å². The first kappa shape index (κ1) is 20.5. The predicted octanol–water partition coefficient (Wildman–Crippen LogP) is 1.57. The highest BCUT2D eigenvalue weighted by molar-refractivity contribution is 5.77. The normalized spacial score (nSPS) is 18.3. The lowest BCUT2D eigenvalue weighted by atomic mass is 10.0. The van der Waals surface area contributed by atoms with E-state index in [0.29, 0.717) is 43.1 Å². The molecule has 0 aliphatic carbocycles. The van der Waals surface area contributed by atoms with Crippen LogP contribution in [0.3, 0.4) is 0 Å². The van der Waals surface area contributed by atoms with Gasteiger partial charge in [0.1, 0.15) is 17.3 Å². The van der Waals surface area contributed by atoms with Crippen LogP contribution in [0.4, 0.5) is 10.1 Å². The summed E-state index contributed by atoms with van der Waals surface area (Å²) >= 11 is 0. The number of pyridine rings is 1. The van der Waals surface area contributed by atoms with Crippen LogP contribution in [0.1, 0.15) is 35.6 Å². The van der Waals surface area contributed by atoms with Crippen LogP contribution in [-0.2, 0) is 24.3 Å². The maximum absolute atomic E-state index is 14.6. The number of rotatable bonds is 3. The van der Waals surface area contributed by atoms with Crippen LogP contribution in [0, 0.1) is 17.1 Å². The maximum atomic E-state index is 14.6. The lowest BCUT2D eigenvalue weighted by Crippen LogP contribution is -2.40. The van der Waals surface area contributed by atoms with Crippen molar-refractivity contribution in [2.45, 2.75) is 32.5 Å². The third-order valence-electron chi connectivity index (χ3n) is 6.40. The van der Waals surface area contributed by atoms with Crippen molar-refractivity contribution in [3.63, 3.8) is 0 Å². The van der Waals surface area contributed by atoms with E-state index < -0.39 is 5.82 Å². The molecule has 0 aromatic carbocycles. The molecule has 0 radical (unpaired) electrons. The average molecular weight is 436 g/mol. The Balaban J connectivity index is 1.49. The Morgan fingerprint density at radius 2 is 2.16 bits per heavy atom. The molecule has 166 valence electrons. The topological polar surface area (TPSA) is 85.7 Å². The van der Waals surface area contributed by atoms with Crippen molar-refractivity contribution in [2.75, 3.05) is 38.6 Å². The number of anilines is 1. The lowest BCUT2D eigenvalue weighted by molar-refractivity contribution is -0.130. The summed E-state index contributed by atoms with van der Waals surface area (Å²) in [5, 5.41) is 18.3.